The van der Waals surface area contributed by atoms with Crippen molar-refractivity contribution in [3.63, 3.8) is 0 Å². The fourth-order valence-corrected chi connectivity index (χ4v) is 1.89. The van der Waals surface area contributed by atoms with Crippen LogP contribution >= 0.6 is 0 Å². The van der Waals surface area contributed by atoms with Crippen LogP contribution in [-0.2, 0) is 0 Å². The molecule has 2 aromatic heterocycles. The zero-order valence-corrected chi connectivity index (χ0v) is 10.4. The van der Waals surface area contributed by atoms with Crippen LogP contribution < -0.4 is 5.32 Å². The van der Waals surface area contributed by atoms with Crippen LogP contribution in [0.4, 0.5) is 0 Å². The number of aromatic nitrogens is 1. The number of aryl methyl sites for hydroxylation is 2. The van der Waals surface area contributed by atoms with Crippen LogP contribution in [0, 0.1) is 13.8 Å². The smallest absolute Gasteiger partial charge is 0.268 e. The Labute approximate surface area is 105 Å². The minimum absolute atomic E-state index is 0.210. The molecule has 1 unspecified atom stereocenters. The van der Waals surface area contributed by atoms with Gasteiger partial charge in [-0.25, -0.2) is 0 Å². The number of hydrogen-bond acceptors (Lipinski definition) is 3. The summed E-state index contributed by atoms with van der Waals surface area (Å²) in [6, 6.07) is 4.80. The van der Waals surface area contributed by atoms with E-state index in [0.29, 0.717) is 11.5 Å². The average molecular weight is 248 g/mol. The maximum atomic E-state index is 12.0. The number of aliphatic hydroxyl groups is 1. The van der Waals surface area contributed by atoms with E-state index in [0.717, 1.165) is 11.3 Å². The molecule has 3 N–H and O–H groups in total. The summed E-state index contributed by atoms with van der Waals surface area (Å²) in [6.45, 7) is 3.54. The van der Waals surface area contributed by atoms with Crippen molar-refractivity contribution in [2.75, 3.05) is 6.61 Å². The molecule has 2 rings (SSSR count). The van der Waals surface area contributed by atoms with Crippen molar-refractivity contribution in [1.29, 1.82) is 0 Å². The third kappa shape index (κ3) is 2.46. The Balaban J connectivity index is 2.13. The molecule has 0 aromatic carbocycles. The van der Waals surface area contributed by atoms with Gasteiger partial charge in [-0.1, -0.05) is 0 Å². The lowest BCUT2D eigenvalue weighted by Gasteiger charge is -2.13. The molecule has 0 fully saturated rings. The Morgan fingerprint density at radius 1 is 1.56 bits per heavy atom. The van der Waals surface area contributed by atoms with E-state index >= 15 is 0 Å². The van der Waals surface area contributed by atoms with Gasteiger partial charge in [-0.2, -0.15) is 0 Å². The summed E-state index contributed by atoms with van der Waals surface area (Å²) in [5.74, 6) is 0.280. The van der Waals surface area contributed by atoms with Crippen molar-refractivity contribution in [2.45, 2.75) is 19.9 Å². The summed E-state index contributed by atoms with van der Waals surface area (Å²) < 4.78 is 5.17. The maximum absolute atomic E-state index is 12.0. The van der Waals surface area contributed by atoms with Gasteiger partial charge in [0.15, 0.2) is 0 Å². The van der Waals surface area contributed by atoms with E-state index in [1.807, 2.05) is 19.9 Å². The monoisotopic (exact) mass is 248 g/mol. The van der Waals surface area contributed by atoms with Gasteiger partial charge in [-0.05, 0) is 37.6 Å². The highest BCUT2D eigenvalue weighted by Crippen LogP contribution is 2.15. The Morgan fingerprint density at radius 3 is 2.83 bits per heavy atom. The first-order chi connectivity index (χ1) is 8.61. The minimum Gasteiger partial charge on any atom is -0.467 e. The Morgan fingerprint density at radius 2 is 2.33 bits per heavy atom. The van der Waals surface area contributed by atoms with E-state index < -0.39 is 6.04 Å². The highest BCUT2D eigenvalue weighted by atomic mass is 16.3. The van der Waals surface area contributed by atoms with Crippen molar-refractivity contribution in [2.24, 2.45) is 0 Å². The number of aromatic amines is 1. The summed E-state index contributed by atoms with van der Waals surface area (Å²) in [6.07, 6.45) is 1.51. The van der Waals surface area contributed by atoms with Crippen LogP contribution in [0.3, 0.4) is 0 Å². The van der Waals surface area contributed by atoms with Crippen molar-refractivity contribution >= 4 is 5.91 Å². The minimum atomic E-state index is -0.532. The number of carbonyl (C=O) groups is 1. The van der Waals surface area contributed by atoms with Crippen LogP contribution in [0.1, 0.15) is 33.5 Å². The van der Waals surface area contributed by atoms with Crippen LogP contribution in [0.25, 0.3) is 0 Å². The molecule has 0 aliphatic heterocycles. The first kappa shape index (κ1) is 12.4. The van der Waals surface area contributed by atoms with Gasteiger partial charge in [0.05, 0.1) is 12.9 Å². The molecule has 0 saturated heterocycles. The second kappa shape index (κ2) is 5.10. The number of furan rings is 1. The molecule has 0 aliphatic carbocycles. The van der Waals surface area contributed by atoms with E-state index in [2.05, 4.69) is 10.3 Å². The van der Waals surface area contributed by atoms with Crippen molar-refractivity contribution < 1.29 is 14.3 Å². The number of amides is 1. The summed E-state index contributed by atoms with van der Waals surface area (Å²) in [5, 5.41) is 12.0. The molecule has 2 heterocycles. The normalized spacial score (nSPS) is 12.4. The number of hydrogen-bond donors (Lipinski definition) is 3. The molecule has 2 aromatic rings. The van der Waals surface area contributed by atoms with Gasteiger partial charge in [0.2, 0.25) is 0 Å². The fraction of sp³-hybridized carbons (Fsp3) is 0.308. The van der Waals surface area contributed by atoms with Crippen LogP contribution in [0.15, 0.2) is 28.9 Å². The molecule has 0 radical (unpaired) electrons. The first-order valence-corrected chi connectivity index (χ1v) is 5.73. The van der Waals surface area contributed by atoms with Crippen LogP contribution in [-0.4, -0.2) is 22.6 Å². The Kier molecular flexibility index (Phi) is 3.53. The molecule has 96 valence electrons. The van der Waals surface area contributed by atoms with E-state index in [-0.39, 0.29) is 12.5 Å². The molecule has 1 atom stereocenters. The van der Waals surface area contributed by atoms with Gasteiger partial charge < -0.3 is 19.8 Å². The maximum Gasteiger partial charge on any atom is 0.268 e. The van der Waals surface area contributed by atoms with Gasteiger partial charge in [0.25, 0.3) is 5.91 Å². The molecule has 0 aliphatic rings. The summed E-state index contributed by atoms with van der Waals surface area (Å²) in [7, 11) is 0. The predicted octanol–water partition coefficient (Wildman–Crippen LogP) is 1.69. The highest BCUT2D eigenvalue weighted by molar-refractivity contribution is 5.94. The van der Waals surface area contributed by atoms with Gasteiger partial charge in [-0.3, -0.25) is 4.79 Å². The number of nitrogens with one attached hydrogen (secondary N) is 2. The van der Waals surface area contributed by atoms with Gasteiger partial charge >= 0.3 is 0 Å². The Bertz CT molecular complexity index is 528. The van der Waals surface area contributed by atoms with Crippen molar-refractivity contribution in [1.82, 2.24) is 10.3 Å². The topological polar surface area (TPSA) is 78.3 Å². The third-order valence-electron chi connectivity index (χ3n) is 2.75. The first-order valence-electron chi connectivity index (χ1n) is 5.73. The lowest BCUT2D eigenvalue weighted by atomic mass is 10.2. The zero-order chi connectivity index (χ0) is 13.1. The van der Waals surface area contributed by atoms with Crippen LogP contribution in [0.5, 0.6) is 0 Å². The summed E-state index contributed by atoms with van der Waals surface area (Å²) in [5.41, 5.74) is 2.31. The fourth-order valence-electron chi connectivity index (χ4n) is 1.89. The molecule has 5 nitrogen and oxygen atoms in total. The predicted molar refractivity (Wildman–Crippen MR) is 66.3 cm³/mol. The largest absolute Gasteiger partial charge is 0.467 e. The molecule has 5 heteroatoms. The molecule has 1 amide bonds. The second-order valence-corrected chi connectivity index (χ2v) is 4.23. The van der Waals surface area contributed by atoms with Crippen LogP contribution in [0.2, 0.25) is 0 Å². The van der Waals surface area contributed by atoms with Gasteiger partial charge in [0, 0.05) is 5.69 Å². The van der Waals surface area contributed by atoms with E-state index in [1.165, 1.54) is 6.26 Å². The van der Waals surface area contributed by atoms with Gasteiger partial charge in [0.1, 0.15) is 17.5 Å². The number of H-pyrrole nitrogens is 1. The van der Waals surface area contributed by atoms with Crippen molar-refractivity contribution in [3.8, 4) is 0 Å². The summed E-state index contributed by atoms with van der Waals surface area (Å²) >= 11 is 0. The standard InChI is InChI=1S/C13H16N2O3/c1-8-6-9(2)14-12(8)13(17)15-10(7-16)11-4-3-5-18-11/h3-6,10,14,16H,7H2,1-2H3,(H,15,17). The number of rotatable bonds is 4. The van der Waals surface area contributed by atoms with Crippen molar-refractivity contribution in [3.05, 3.63) is 47.2 Å². The molecule has 0 saturated carbocycles. The average Bonchev–Trinajstić information content (AvgIpc) is 2.95. The Hall–Kier alpha value is -2.01. The van der Waals surface area contributed by atoms with E-state index in [4.69, 9.17) is 4.42 Å². The zero-order valence-electron chi connectivity index (χ0n) is 10.4. The SMILES string of the molecule is Cc1cc(C)c(C(=O)NC(CO)c2ccco2)[nH]1. The molecule has 0 spiro atoms. The number of carbonyl (C=O) groups excluding carboxylic acids is 1. The molecular formula is C13H16N2O3. The lowest BCUT2D eigenvalue weighted by molar-refractivity contribution is 0.0902. The molecular weight excluding hydrogens is 232 g/mol. The molecule has 0 bridgehead atoms. The second-order valence-electron chi connectivity index (χ2n) is 4.23. The highest BCUT2D eigenvalue weighted by Gasteiger charge is 2.19. The van der Waals surface area contributed by atoms with E-state index in [1.54, 1.807) is 12.1 Å². The third-order valence-corrected chi connectivity index (χ3v) is 2.75. The quantitative estimate of drug-likeness (QED) is 0.770. The molecule has 18 heavy (non-hydrogen) atoms. The number of aliphatic hydroxyl groups excluding tert-OH is 1. The lowest BCUT2D eigenvalue weighted by Crippen LogP contribution is -2.31. The van der Waals surface area contributed by atoms with E-state index in [9.17, 15) is 9.90 Å². The van der Waals surface area contributed by atoms with Gasteiger partial charge in [-0.15, -0.1) is 0 Å². The summed E-state index contributed by atoms with van der Waals surface area (Å²) in [4.78, 5) is 15.0.